The predicted molar refractivity (Wildman–Crippen MR) is 145 cm³/mol. The van der Waals surface area contributed by atoms with Gasteiger partial charge in [-0.15, -0.1) is 5.10 Å². The van der Waals surface area contributed by atoms with E-state index in [1.165, 1.54) is 114 Å². The summed E-state index contributed by atoms with van der Waals surface area (Å²) < 4.78 is 1.46. The van der Waals surface area contributed by atoms with Gasteiger partial charge in [0.1, 0.15) is 5.52 Å². The van der Waals surface area contributed by atoms with Crippen molar-refractivity contribution < 1.29 is 4.79 Å². The number of unbranched alkanes of at least 4 members (excludes halogenated alkanes) is 17. The molecular formula is C30H49N3O. The maximum atomic E-state index is 12.4. The van der Waals surface area contributed by atoms with Gasteiger partial charge in [-0.3, -0.25) is 4.79 Å². The largest absolute Gasteiger partial charge is 0.273 e. The van der Waals surface area contributed by atoms with Gasteiger partial charge < -0.3 is 0 Å². The van der Waals surface area contributed by atoms with Crippen LogP contribution in [0.4, 0.5) is 0 Å². The summed E-state index contributed by atoms with van der Waals surface area (Å²) in [5.74, 6) is 0.0587. The molecule has 2 aromatic rings. The van der Waals surface area contributed by atoms with Crippen molar-refractivity contribution in [2.24, 2.45) is 0 Å². The molecule has 0 saturated carbocycles. The van der Waals surface area contributed by atoms with Gasteiger partial charge in [0.05, 0.1) is 5.52 Å². The van der Waals surface area contributed by atoms with Crippen LogP contribution in [0, 0.1) is 0 Å². The summed E-state index contributed by atoms with van der Waals surface area (Å²) in [5, 5.41) is 8.08. The van der Waals surface area contributed by atoms with Crippen molar-refractivity contribution in [3.63, 3.8) is 0 Å². The van der Waals surface area contributed by atoms with Crippen molar-refractivity contribution in [2.75, 3.05) is 0 Å². The fourth-order valence-electron chi connectivity index (χ4n) is 4.57. The van der Waals surface area contributed by atoms with E-state index in [2.05, 4.69) is 29.4 Å². The van der Waals surface area contributed by atoms with Gasteiger partial charge >= 0.3 is 0 Å². The third kappa shape index (κ3) is 12.5. The number of carbonyl (C=O) groups is 1. The molecule has 0 unspecified atom stereocenters. The van der Waals surface area contributed by atoms with Gasteiger partial charge in [0, 0.05) is 6.42 Å². The minimum atomic E-state index is 0.0587. The van der Waals surface area contributed by atoms with Crippen LogP contribution in [0.15, 0.2) is 36.4 Å². The Morgan fingerprint density at radius 3 is 1.79 bits per heavy atom. The summed E-state index contributed by atoms with van der Waals surface area (Å²) in [6.07, 6.45) is 30.5. The molecule has 0 amide bonds. The van der Waals surface area contributed by atoms with Gasteiger partial charge in [-0.2, -0.15) is 4.68 Å². The molecular weight excluding hydrogens is 418 g/mol. The minimum absolute atomic E-state index is 0.0587. The second kappa shape index (κ2) is 19.3. The molecule has 0 bridgehead atoms. The van der Waals surface area contributed by atoms with Gasteiger partial charge in [-0.1, -0.05) is 126 Å². The Morgan fingerprint density at radius 2 is 1.21 bits per heavy atom. The molecule has 4 nitrogen and oxygen atoms in total. The van der Waals surface area contributed by atoms with Crippen LogP contribution in [-0.4, -0.2) is 20.9 Å². The first-order valence-electron chi connectivity index (χ1n) is 14.3. The third-order valence-electron chi connectivity index (χ3n) is 6.74. The number of allylic oxidation sites excluding steroid dienone is 2. The molecule has 0 spiro atoms. The zero-order chi connectivity index (χ0) is 24.1. The van der Waals surface area contributed by atoms with Crippen molar-refractivity contribution >= 4 is 16.9 Å². The topological polar surface area (TPSA) is 47.8 Å². The van der Waals surface area contributed by atoms with Crippen LogP contribution in [0.25, 0.3) is 11.0 Å². The van der Waals surface area contributed by atoms with Crippen molar-refractivity contribution in [3.05, 3.63) is 36.4 Å². The molecule has 1 heterocycles. The molecule has 0 aliphatic rings. The van der Waals surface area contributed by atoms with E-state index in [9.17, 15) is 4.79 Å². The quantitative estimate of drug-likeness (QED) is 0.136. The molecule has 34 heavy (non-hydrogen) atoms. The first kappa shape index (κ1) is 28.3. The zero-order valence-electron chi connectivity index (χ0n) is 21.9. The maximum Gasteiger partial charge on any atom is 0.248 e. The Kier molecular flexibility index (Phi) is 16.1. The lowest BCUT2D eigenvalue weighted by molar-refractivity contribution is 0.0886. The Bertz CT molecular complexity index is 795. The molecule has 0 radical (unpaired) electrons. The second-order valence-electron chi connectivity index (χ2n) is 9.84. The fraction of sp³-hybridized carbons (Fsp3) is 0.700. The molecule has 190 valence electrons. The Hall–Kier alpha value is -1.97. The van der Waals surface area contributed by atoms with Crippen molar-refractivity contribution in [2.45, 2.75) is 135 Å². The number of carbonyl (C=O) groups excluding carboxylic acids is 1. The second-order valence-corrected chi connectivity index (χ2v) is 9.84. The molecule has 0 aliphatic heterocycles. The smallest absolute Gasteiger partial charge is 0.248 e. The first-order chi connectivity index (χ1) is 16.8. The molecule has 0 aliphatic carbocycles. The number of aromatic nitrogens is 3. The van der Waals surface area contributed by atoms with E-state index >= 15 is 0 Å². The lowest BCUT2D eigenvalue weighted by atomic mass is 10.0. The zero-order valence-corrected chi connectivity index (χ0v) is 21.9. The summed E-state index contributed by atoms with van der Waals surface area (Å²) in [5.41, 5.74) is 1.60. The van der Waals surface area contributed by atoms with Crippen LogP contribution >= 0.6 is 0 Å². The highest BCUT2D eigenvalue weighted by molar-refractivity contribution is 5.88. The number of rotatable bonds is 21. The Balaban J connectivity index is 1.30. The highest BCUT2D eigenvalue weighted by atomic mass is 16.2. The summed E-state index contributed by atoms with van der Waals surface area (Å²) in [6, 6.07) is 7.64. The monoisotopic (exact) mass is 467 g/mol. The molecule has 1 aromatic carbocycles. The van der Waals surface area contributed by atoms with Crippen LogP contribution in [-0.2, 0) is 0 Å². The average Bonchev–Trinajstić information content (AvgIpc) is 3.29. The molecule has 0 saturated heterocycles. The van der Waals surface area contributed by atoms with Crippen molar-refractivity contribution in [3.8, 4) is 0 Å². The van der Waals surface area contributed by atoms with Gasteiger partial charge in [0.25, 0.3) is 0 Å². The molecule has 0 fully saturated rings. The normalized spacial score (nSPS) is 11.7. The Labute approximate surface area is 208 Å². The third-order valence-corrected chi connectivity index (χ3v) is 6.74. The highest BCUT2D eigenvalue weighted by Crippen LogP contribution is 2.15. The van der Waals surface area contributed by atoms with Crippen LogP contribution in [0.1, 0.15) is 140 Å². The number of para-hydroxylation sites is 1. The van der Waals surface area contributed by atoms with E-state index < -0.39 is 0 Å². The Morgan fingerprint density at radius 1 is 0.706 bits per heavy atom. The van der Waals surface area contributed by atoms with E-state index in [1.807, 2.05) is 24.3 Å². The van der Waals surface area contributed by atoms with Gasteiger partial charge in [-0.05, 0) is 44.2 Å². The van der Waals surface area contributed by atoms with Gasteiger partial charge in [-0.25, -0.2) is 0 Å². The number of nitrogens with zero attached hydrogens (tertiary/aromatic N) is 3. The molecule has 4 heteroatoms. The SMILES string of the molecule is CCCCC/C=C/CCCCCCCCCCCCCCCCC(=O)n1nnc2ccccc21. The van der Waals surface area contributed by atoms with Crippen molar-refractivity contribution in [1.82, 2.24) is 15.0 Å². The van der Waals surface area contributed by atoms with E-state index in [0.717, 1.165) is 23.9 Å². The van der Waals surface area contributed by atoms with Crippen molar-refractivity contribution in [1.29, 1.82) is 0 Å². The lowest BCUT2D eigenvalue weighted by Gasteiger charge is -2.04. The van der Waals surface area contributed by atoms with Crippen LogP contribution in [0.3, 0.4) is 0 Å². The van der Waals surface area contributed by atoms with Crippen LogP contribution < -0.4 is 0 Å². The first-order valence-corrected chi connectivity index (χ1v) is 14.3. The van der Waals surface area contributed by atoms with E-state index in [-0.39, 0.29) is 5.91 Å². The minimum Gasteiger partial charge on any atom is -0.273 e. The molecule has 2 rings (SSSR count). The number of hydrogen-bond acceptors (Lipinski definition) is 3. The summed E-state index contributed by atoms with van der Waals surface area (Å²) in [6.45, 7) is 2.27. The highest BCUT2D eigenvalue weighted by Gasteiger charge is 2.10. The number of hydrogen-bond donors (Lipinski definition) is 0. The summed E-state index contributed by atoms with van der Waals surface area (Å²) >= 11 is 0. The van der Waals surface area contributed by atoms with Crippen LogP contribution in [0.2, 0.25) is 0 Å². The van der Waals surface area contributed by atoms with E-state index in [4.69, 9.17) is 0 Å². The number of benzene rings is 1. The molecule has 0 N–H and O–H groups in total. The number of fused-ring (bicyclic) bond motifs is 1. The van der Waals surface area contributed by atoms with Gasteiger partial charge in [0.2, 0.25) is 5.91 Å². The summed E-state index contributed by atoms with van der Waals surface area (Å²) in [7, 11) is 0. The van der Waals surface area contributed by atoms with Gasteiger partial charge in [0.15, 0.2) is 0 Å². The fourth-order valence-corrected chi connectivity index (χ4v) is 4.57. The summed E-state index contributed by atoms with van der Waals surface area (Å²) in [4.78, 5) is 12.4. The lowest BCUT2D eigenvalue weighted by Crippen LogP contribution is -2.12. The standard InChI is InChI=1S/C30H49N3O/c1-2-3-4-5-6-7-8-9-10-11-12-13-14-15-16-17-18-19-20-21-22-27-30(34)33-29-26-24-23-25-28(29)31-32-33/h6-7,23-26H,2-5,8-22,27H2,1H3/b7-6+. The van der Waals surface area contributed by atoms with E-state index in [0.29, 0.717) is 6.42 Å². The maximum absolute atomic E-state index is 12.4. The molecule has 1 aromatic heterocycles. The predicted octanol–water partition coefficient (Wildman–Crippen LogP) is 9.45. The van der Waals surface area contributed by atoms with Crippen LogP contribution in [0.5, 0.6) is 0 Å². The van der Waals surface area contributed by atoms with E-state index in [1.54, 1.807) is 0 Å². The average molecular weight is 468 g/mol. The molecule has 0 atom stereocenters.